The van der Waals surface area contributed by atoms with Gasteiger partial charge in [0.2, 0.25) is 0 Å². The number of anilines is 1. The average Bonchev–Trinajstić information content (AvgIpc) is 2.66. The fourth-order valence-corrected chi connectivity index (χ4v) is 2.35. The predicted octanol–water partition coefficient (Wildman–Crippen LogP) is 3.43. The van der Waals surface area contributed by atoms with Crippen LogP contribution in [0.25, 0.3) is 0 Å². The first-order chi connectivity index (χ1) is 13.0. The number of guanidine groups is 1. The van der Waals surface area contributed by atoms with Gasteiger partial charge in [-0.25, -0.2) is 14.4 Å². The van der Waals surface area contributed by atoms with Crippen LogP contribution in [-0.2, 0) is 6.54 Å². The maximum Gasteiger partial charge on any atom is 0.191 e. The first-order valence-electron chi connectivity index (χ1n) is 9.05. The topological polar surface area (TPSA) is 61.8 Å². The first-order valence-corrected chi connectivity index (χ1v) is 9.05. The van der Waals surface area contributed by atoms with E-state index in [9.17, 15) is 4.39 Å². The van der Waals surface area contributed by atoms with Gasteiger partial charge in [-0.05, 0) is 43.7 Å². The molecular weight excluding hydrogens is 472 g/mol. The van der Waals surface area contributed by atoms with Gasteiger partial charge in [-0.3, -0.25) is 0 Å². The van der Waals surface area contributed by atoms with Crippen LogP contribution in [0.2, 0.25) is 0 Å². The van der Waals surface area contributed by atoms with Gasteiger partial charge < -0.3 is 20.3 Å². The van der Waals surface area contributed by atoms with Crippen molar-refractivity contribution in [3.05, 3.63) is 54.0 Å². The Kier molecular flexibility index (Phi) is 10.6. The van der Waals surface area contributed by atoms with Gasteiger partial charge in [-0.15, -0.1) is 24.0 Å². The lowest BCUT2D eigenvalue weighted by atomic mass is 10.2. The number of benzene rings is 1. The van der Waals surface area contributed by atoms with Crippen LogP contribution in [0.3, 0.4) is 0 Å². The molecule has 28 heavy (non-hydrogen) atoms. The number of halogens is 2. The maximum atomic E-state index is 13.7. The quantitative estimate of drug-likeness (QED) is 0.330. The predicted molar refractivity (Wildman–Crippen MR) is 123 cm³/mol. The molecule has 1 unspecified atom stereocenters. The molecule has 8 heteroatoms. The summed E-state index contributed by atoms with van der Waals surface area (Å²) in [5.74, 6) is 1.47. The highest BCUT2D eigenvalue weighted by molar-refractivity contribution is 14.0. The second-order valence-corrected chi connectivity index (χ2v) is 6.35. The molecule has 6 nitrogen and oxygen atoms in total. The van der Waals surface area contributed by atoms with Crippen molar-refractivity contribution >= 4 is 35.8 Å². The van der Waals surface area contributed by atoms with Crippen LogP contribution < -0.4 is 20.3 Å². The zero-order valence-electron chi connectivity index (χ0n) is 16.8. The highest BCUT2D eigenvalue weighted by Gasteiger charge is 2.09. The number of aliphatic imine (C=N–C) groups is 1. The Morgan fingerprint density at radius 3 is 2.68 bits per heavy atom. The molecule has 1 aromatic heterocycles. The lowest BCUT2D eigenvalue weighted by Gasteiger charge is -2.18. The molecule has 1 heterocycles. The SMILES string of the molecule is CCNC(=NCc1ccnc(N(C)C)c1)NCC(C)Oc1ccccc1F.I. The summed E-state index contributed by atoms with van der Waals surface area (Å²) in [6.45, 7) is 5.66. The van der Waals surface area contributed by atoms with Gasteiger partial charge in [0.05, 0.1) is 13.1 Å². The number of ether oxygens (including phenoxy) is 1. The molecule has 1 atom stereocenters. The lowest BCUT2D eigenvalue weighted by Crippen LogP contribution is -2.41. The minimum absolute atomic E-state index is 0. The number of nitrogens with zero attached hydrogens (tertiary/aromatic N) is 3. The van der Waals surface area contributed by atoms with Gasteiger partial charge in [0, 0.05) is 26.8 Å². The van der Waals surface area contributed by atoms with Gasteiger partial charge in [-0.1, -0.05) is 12.1 Å². The molecule has 0 radical (unpaired) electrons. The molecule has 0 bridgehead atoms. The molecule has 0 saturated carbocycles. The van der Waals surface area contributed by atoms with Crippen molar-refractivity contribution in [2.75, 3.05) is 32.1 Å². The summed E-state index contributed by atoms with van der Waals surface area (Å²) in [5, 5.41) is 6.44. The number of pyridine rings is 1. The van der Waals surface area contributed by atoms with Crippen LogP contribution in [0.4, 0.5) is 10.2 Å². The van der Waals surface area contributed by atoms with Gasteiger partial charge in [0.1, 0.15) is 11.9 Å². The second kappa shape index (κ2) is 12.4. The third-order valence-corrected chi connectivity index (χ3v) is 3.75. The molecule has 2 aromatic rings. The van der Waals surface area contributed by atoms with Gasteiger partial charge in [0.25, 0.3) is 0 Å². The number of para-hydroxylation sites is 1. The molecule has 2 N–H and O–H groups in total. The van der Waals surface area contributed by atoms with Crippen LogP contribution in [0.1, 0.15) is 19.4 Å². The highest BCUT2D eigenvalue weighted by atomic mass is 127. The monoisotopic (exact) mass is 501 g/mol. The second-order valence-electron chi connectivity index (χ2n) is 6.35. The fourth-order valence-electron chi connectivity index (χ4n) is 2.35. The lowest BCUT2D eigenvalue weighted by molar-refractivity contribution is 0.214. The van der Waals surface area contributed by atoms with E-state index < -0.39 is 0 Å². The Morgan fingerprint density at radius 2 is 2.00 bits per heavy atom. The molecule has 0 saturated heterocycles. The molecule has 0 aliphatic heterocycles. The van der Waals surface area contributed by atoms with Gasteiger partial charge >= 0.3 is 0 Å². The molecular formula is C20H29FIN5O. The van der Waals surface area contributed by atoms with E-state index in [1.54, 1.807) is 24.4 Å². The Morgan fingerprint density at radius 1 is 1.25 bits per heavy atom. The number of aromatic nitrogens is 1. The van der Waals surface area contributed by atoms with Crippen molar-refractivity contribution in [2.45, 2.75) is 26.5 Å². The minimum Gasteiger partial charge on any atom is -0.486 e. The summed E-state index contributed by atoms with van der Waals surface area (Å²) in [5.41, 5.74) is 1.07. The third-order valence-electron chi connectivity index (χ3n) is 3.75. The van der Waals surface area contributed by atoms with Crippen LogP contribution in [0.15, 0.2) is 47.6 Å². The van der Waals surface area contributed by atoms with E-state index in [-0.39, 0.29) is 41.6 Å². The van der Waals surface area contributed by atoms with Crippen molar-refractivity contribution in [3.8, 4) is 5.75 Å². The summed E-state index contributed by atoms with van der Waals surface area (Å²) in [7, 11) is 3.91. The van der Waals surface area contributed by atoms with E-state index in [4.69, 9.17) is 4.74 Å². The van der Waals surface area contributed by atoms with E-state index in [1.165, 1.54) is 6.07 Å². The van der Waals surface area contributed by atoms with E-state index in [0.29, 0.717) is 19.0 Å². The Hall–Kier alpha value is -2.10. The summed E-state index contributed by atoms with van der Waals surface area (Å²) in [6, 6.07) is 10.4. The minimum atomic E-state index is -0.362. The van der Waals surface area contributed by atoms with Crippen molar-refractivity contribution < 1.29 is 9.13 Å². The van der Waals surface area contributed by atoms with Crippen molar-refractivity contribution in [3.63, 3.8) is 0 Å². The largest absolute Gasteiger partial charge is 0.486 e. The average molecular weight is 501 g/mol. The highest BCUT2D eigenvalue weighted by Crippen LogP contribution is 2.16. The van der Waals surface area contributed by atoms with Crippen molar-refractivity contribution in [2.24, 2.45) is 4.99 Å². The standard InChI is InChI=1S/C20H28FN5O.HI/c1-5-22-20(25-14-16-10-11-23-19(12-16)26(3)4)24-13-15(2)27-18-9-7-6-8-17(18)21;/h6-12,15H,5,13-14H2,1-4H3,(H2,22,24,25);1H. The summed E-state index contributed by atoms with van der Waals surface area (Å²) in [4.78, 5) is 10.9. The van der Waals surface area contributed by atoms with Gasteiger partial charge in [0.15, 0.2) is 17.5 Å². The molecule has 0 spiro atoms. The fraction of sp³-hybridized carbons (Fsp3) is 0.400. The first kappa shape index (κ1) is 23.9. The Labute approximate surface area is 183 Å². The Balaban J connectivity index is 0.00000392. The molecule has 1 aromatic carbocycles. The van der Waals surface area contributed by atoms with Crippen molar-refractivity contribution in [1.82, 2.24) is 15.6 Å². The van der Waals surface area contributed by atoms with Crippen LogP contribution in [0, 0.1) is 5.82 Å². The van der Waals surface area contributed by atoms with Crippen molar-refractivity contribution in [1.29, 1.82) is 0 Å². The van der Waals surface area contributed by atoms with Crippen LogP contribution >= 0.6 is 24.0 Å². The molecule has 154 valence electrons. The zero-order chi connectivity index (χ0) is 19.6. The molecule has 0 aliphatic rings. The van der Waals surface area contributed by atoms with Crippen LogP contribution in [0.5, 0.6) is 5.75 Å². The molecule has 0 aliphatic carbocycles. The molecule has 0 amide bonds. The summed E-state index contributed by atoms with van der Waals surface area (Å²) in [6.07, 6.45) is 1.57. The van der Waals surface area contributed by atoms with Gasteiger partial charge in [-0.2, -0.15) is 0 Å². The number of hydrogen-bond acceptors (Lipinski definition) is 4. The normalized spacial score (nSPS) is 12.0. The van der Waals surface area contributed by atoms with Crippen LogP contribution in [-0.4, -0.2) is 44.2 Å². The number of rotatable bonds is 8. The summed E-state index contributed by atoms with van der Waals surface area (Å²) >= 11 is 0. The van der Waals surface area contributed by atoms with E-state index in [1.807, 2.05) is 45.0 Å². The Bertz CT molecular complexity index is 757. The third kappa shape index (κ3) is 7.87. The molecule has 0 fully saturated rings. The maximum absolute atomic E-state index is 13.7. The zero-order valence-corrected chi connectivity index (χ0v) is 19.1. The molecule has 2 rings (SSSR count). The number of nitrogens with one attached hydrogen (secondary N) is 2. The van der Waals surface area contributed by atoms with E-state index in [2.05, 4.69) is 20.6 Å². The summed E-state index contributed by atoms with van der Waals surface area (Å²) < 4.78 is 19.3. The van der Waals surface area contributed by atoms with E-state index in [0.717, 1.165) is 17.9 Å². The number of hydrogen-bond donors (Lipinski definition) is 2. The van der Waals surface area contributed by atoms with E-state index >= 15 is 0 Å². The smallest absolute Gasteiger partial charge is 0.191 e.